The Morgan fingerprint density at radius 2 is 1.78 bits per heavy atom. The van der Waals surface area contributed by atoms with Crippen molar-refractivity contribution in [2.75, 3.05) is 7.11 Å². The second-order valence-electron chi connectivity index (χ2n) is 10.3. The standard InChI is InChI=1S/C30H32F6N4O5/c1-4-6-19-13-20(28(43,29(31,32)33)30(34,35)36)7-5-8-24(19)45-22-11-12-37-21(14-22)16-39-26(42)15-27(2,40-18-41)25-10-9-23(44-3)17-38-25/h7-14,17-18,43H,4-6,15-16H2,1-3H3,(H,39,42)(H,40,41). The largest absolute Gasteiger partial charge is 0.495 e. The monoisotopic (exact) mass is 642 g/mol. The van der Waals surface area contributed by atoms with Crippen molar-refractivity contribution >= 4 is 12.3 Å². The second kappa shape index (κ2) is 14.1. The lowest BCUT2D eigenvalue weighted by Crippen LogP contribution is -2.57. The van der Waals surface area contributed by atoms with E-state index in [1.807, 2.05) is 0 Å². The first-order valence-corrected chi connectivity index (χ1v) is 13.7. The molecule has 2 aromatic rings. The number of carbonyl (C=O) groups is 2. The Hall–Kier alpha value is -4.40. The van der Waals surface area contributed by atoms with Crippen LogP contribution in [0.3, 0.4) is 0 Å². The van der Waals surface area contributed by atoms with Crippen molar-refractivity contribution in [1.82, 2.24) is 20.6 Å². The highest BCUT2D eigenvalue weighted by Crippen LogP contribution is 2.49. The van der Waals surface area contributed by atoms with Gasteiger partial charge in [-0.05, 0) is 61.3 Å². The van der Waals surface area contributed by atoms with E-state index >= 15 is 0 Å². The summed E-state index contributed by atoms with van der Waals surface area (Å²) in [5.41, 5.74) is -6.81. The number of nitrogens with one attached hydrogen (secondary N) is 2. The molecule has 3 N–H and O–H groups in total. The fraction of sp³-hybridized carbons (Fsp3) is 0.400. The minimum Gasteiger partial charge on any atom is -0.495 e. The van der Waals surface area contributed by atoms with Crippen molar-refractivity contribution < 1.29 is 50.5 Å². The van der Waals surface area contributed by atoms with Gasteiger partial charge in [-0.1, -0.05) is 19.4 Å². The lowest BCUT2D eigenvalue weighted by atomic mass is 9.89. The molecule has 15 heteroatoms. The van der Waals surface area contributed by atoms with Gasteiger partial charge in [-0.15, -0.1) is 0 Å². The van der Waals surface area contributed by atoms with Crippen LogP contribution in [0.15, 0.2) is 71.8 Å². The molecule has 244 valence electrons. The van der Waals surface area contributed by atoms with E-state index in [1.54, 1.807) is 26.0 Å². The first kappa shape index (κ1) is 35.1. The number of amides is 2. The Morgan fingerprint density at radius 1 is 1.07 bits per heavy atom. The molecule has 0 bridgehead atoms. The van der Waals surface area contributed by atoms with Crippen LogP contribution in [0.2, 0.25) is 0 Å². The Balaban J connectivity index is 1.76. The molecule has 0 spiro atoms. The number of aliphatic hydroxyl groups is 1. The predicted molar refractivity (Wildman–Crippen MR) is 150 cm³/mol. The van der Waals surface area contributed by atoms with Crippen LogP contribution in [0.5, 0.6) is 11.5 Å². The molecule has 9 nitrogen and oxygen atoms in total. The van der Waals surface area contributed by atoms with Crippen LogP contribution < -0.4 is 20.1 Å². The maximum absolute atomic E-state index is 13.5. The summed E-state index contributed by atoms with van der Waals surface area (Å²) in [6.07, 6.45) is -6.30. The number of ether oxygens (including phenoxy) is 2. The van der Waals surface area contributed by atoms with Crippen LogP contribution in [0.1, 0.15) is 50.9 Å². The molecule has 1 aliphatic carbocycles. The van der Waals surface area contributed by atoms with E-state index in [4.69, 9.17) is 9.47 Å². The molecule has 0 aliphatic heterocycles. The molecule has 0 aromatic carbocycles. The van der Waals surface area contributed by atoms with E-state index in [0.29, 0.717) is 42.1 Å². The smallest absolute Gasteiger partial charge is 0.430 e. The lowest BCUT2D eigenvalue weighted by Gasteiger charge is -2.33. The number of carbonyl (C=O) groups excluding carboxylic acids is 2. The van der Waals surface area contributed by atoms with E-state index in [1.165, 1.54) is 37.7 Å². The van der Waals surface area contributed by atoms with Gasteiger partial charge in [-0.25, -0.2) is 0 Å². The van der Waals surface area contributed by atoms with Crippen molar-refractivity contribution in [3.8, 4) is 11.5 Å². The highest BCUT2D eigenvalue weighted by molar-refractivity contribution is 5.77. The summed E-state index contributed by atoms with van der Waals surface area (Å²) < 4.78 is 92.2. The lowest BCUT2D eigenvalue weighted by molar-refractivity contribution is -0.351. The third-order valence-electron chi connectivity index (χ3n) is 6.96. The SMILES string of the molecule is CCCC1=CC(C(O)(C(F)(F)F)C(F)(F)F)=CCC=C1Oc1ccnc(CNC(=O)CC(C)(NC=O)c2ccc(OC)cn2)c1. The summed E-state index contributed by atoms with van der Waals surface area (Å²) in [5.74, 6) is 0.196. The van der Waals surface area contributed by atoms with Crippen molar-refractivity contribution in [2.24, 2.45) is 0 Å². The van der Waals surface area contributed by atoms with Crippen LogP contribution in [0.4, 0.5) is 26.3 Å². The van der Waals surface area contributed by atoms with Gasteiger partial charge in [-0.2, -0.15) is 26.3 Å². The van der Waals surface area contributed by atoms with Gasteiger partial charge in [0.1, 0.15) is 17.3 Å². The topological polar surface area (TPSA) is 123 Å². The number of pyridine rings is 2. The number of halogens is 6. The molecule has 45 heavy (non-hydrogen) atoms. The number of hydrogen-bond acceptors (Lipinski definition) is 7. The molecule has 0 radical (unpaired) electrons. The minimum atomic E-state index is -6.02. The predicted octanol–water partition coefficient (Wildman–Crippen LogP) is 5.33. The highest BCUT2D eigenvalue weighted by atomic mass is 19.4. The summed E-state index contributed by atoms with van der Waals surface area (Å²) in [6, 6.07) is 6.12. The Kier molecular flexibility index (Phi) is 11.0. The van der Waals surface area contributed by atoms with Gasteiger partial charge in [0, 0.05) is 12.3 Å². The third kappa shape index (κ3) is 8.21. The minimum absolute atomic E-state index is 0.0127. The Morgan fingerprint density at radius 3 is 2.36 bits per heavy atom. The summed E-state index contributed by atoms with van der Waals surface area (Å²) in [6.45, 7) is 3.23. The maximum Gasteiger partial charge on any atom is 0.430 e. The Bertz CT molecular complexity index is 1440. The summed E-state index contributed by atoms with van der Waals surface area (Å²) in [4.78, 5) is 32.5. The summed E-state index contributed by atoms with van der Waals surface area (Å²) >= 11 is 0. The van der Waals surface area contributed by atoms with Crippen molar-refractivity contribution in [3.05, 3.63) is 83.2 Å². The molecule has 1 atom stereocenters. The van der Waals surface area contributed by atoms with Crippen molar-refractivity contribution in [1.29, 1.82) is 0 Å². The van der Waals surface area contributed by atoms with Crippen molar-refractivity contribution in [2.45, 2.75) is 69.6 Å². The first-order chi connectivity index (χ1) is 21.1. The molecular weight excluding hydrogens is 610 g/mol. The van der Waals surface area contributed by atoms with Crippen LogP contribution in [0, 0.1) is 0 Å². The molecule has 2 aromatic heterocycles. The second-order valence-corrected chi connectivity index (χ2v) is 10.3. The Labute approximate surface area is 255 Å². The van der Waals surface area contributed by atoms with Gasteiger partial charge in [0.05, 0.1) is 43.2 Å². The quantitative estimate of drug-likeness (QED) is 0.200. The van der Waals surface area contributed by atoms with Gasteiger partial charge in [0.25, 0.3) is 5.60 Å². The maximum atomic E-state index is 13.5. The zero-order chi connectivity index (χ0) is 33.5. The first-order valence-electron chi connectivity index (χ1n) is 13.7. The van der Waals surface area contributed by atoms with Gasteiger partial charge >= 0.3 is 12.4 Å². The molecular formula is C30H32F6N4O5. The fourth-order valence-electron chi connectivity index (χ4n) is 4.54. The van der Waals surface area contributed by atoms with Gasteiger partial charge in [0.2, 0.25) is 12.3 Å². The van der Waals surface area contributed by atoms with E-state index in [9.17, 15) is 41.0 Å². The van der Waals surface area contributed by atoms with Gasteiger partial charge in [0.15, 0.2) is 0 Å². The van der Waals surface area contributed by atoms with Gasteiger partial charge in [-0.3, -0.25) is 19.6 Å². The normalized spacial score (nSPS) is 15.5. The van der Waals surface area contributed by atoms with Crippen LogP contribution >= 0.6 is 0 Å². The average Bonchev–Trinajstić information content (AvgIpc) is 3.17. The number of hydrogen-bond donors (Lipinski definition) is 3. The van der Waals surface area contributed by atoms with E-state index in [-0.39, 0.29) is 42.9 Å². The summed E-state index contributed by atoms with van der Waals surface area (Å²) in [5, 5.41) is 15.2. The number of aromatic nitrogens is 2. The summed E-state index contributed by atoms with van der Waals surface area (Å²) in [7, 11) is 1.47. The number of rotatable bonds is 13. The number of methoxy groups -OCH3 is 1. The molecule has 1 aliphatic rings. The zero-order valence-corrected chi connectivity index (χ0v) is 24.6. The average molecular weight is 643 g/mol. The molecule has 2 heterocycles. The van der Waals surface area contributed by atoms with E-state index in [0.717, 1.165) is 0 Å². The fourth-order valence-corrected chi connectivity index (χ4v) is 4.54. The van der Waals surface area contributed by atoms with E-state index in [2.05, 4.69) is 20.6 Å². The van der Waals surface area contributed by atoms with Crippen LogP contribution in [-0.2, 0) is 21.7 Å². The highest BCUT2D eigenvalue weighted by Gasteiger charge is 2.71. The number of nitrogens with zero attached hydrogens (tertiary/aromatic N) is 2. The van der Waals surface area contributed by atoms with Gasteiger partial charge < -0.3 is 25.2 Å². The van der Waals surface area contributed by atoms with Crippen molar-refractivity contribution in [3.63, 3.8) is 0 Å². The molecule has 1 unspecified atom stereocenters. The van der Waals surface area contributed by atoms with Crippen LogP contribution in [0.25, 0.3) is 0 Å². The molecule has 0 saturated heterocycles. The molecule has 0 fully saturated rings. The van der Waals surface area contributed by atoms with E-state index < -0.39 is 35.0 Å². The number of alkyl halides is 6. The zero-order valence-electron chi connectivity index (χ0n) is 24.6. The molecule has 0 saturated carbocycles. The number of allylic oxidation sites excluding steroid dienone is 3. The van der Waals surface area contributed by atoms with Crippen LogP contribution in [-0.4, -0.2) is 52.5 Å². The molecule has 3 rings (SSSR count). The molecule has 2 amide bonds. The third-order valence-corrected chi connectivity index (χ3v) is 6.96.